The van der Waals surface area contributed by atoms with E-state index in [9.17, 15) is 9.18 Å². The molecule has 8 heteroatoms. The number of fused-ring (bicyclic) bond motifs is 1. The van der Waals surface area contributed by atoms with Crippen LogP contribution in [-0.4, -0.2) is 18.0 Å². The highest BCUT2D eigenvalue weighted by Gasteiger charge is 2.24. The number of amides is 1. The van der Waals surface area contributed by atoms with E-state index in [1.807, 2.05) is 0 Å². The number of halogens is 2. The first-order valence-corrected chi connectivity index (χ1v) is 9.49. The van der Waals surface area contributed by atoms with Gasteiger partial charge in [-0.15, -0.1) is 0 Å². The predicted octanol–water partition coefficient (Wildman–Crippen LogP) is 5.54. The van der Waals surface area contributed by atoms with Gasteiger partial charge in [0.2, 0.25) is 0 Å². The molecule has 4 rings (SSSR count). The average Bonchev–Trinajstić information content (AvgIpc) is 3.37. The molecule has 1 amide bonds. The maximum atomic E-state index is 13.3. The van der Waals surface area contributed by atoms with Crippen molar-refractivity contribution in [3.8, 4) is 5.75 Å². The van der Waals surface area contributed by atoms with E-state index >= 15 is 0 Å². The van der Waals surface area contributed by atoms with Crippen LogP contribution in [0.2, 0.25) is 5.02 Å². The van der Waals surface area contributed by atoms with Crippen molar-refractivity contribution in [2.45, 2.75) is 6.54 Å². The number of nitrogens with zero attached hydrogens (tertiary/aromatic N) is 2. The number of anilines is 1. The zero-order valence-corrected chi connectivity index (χ0v) is 16.3. The van der Waals surface area contributed by atoms with E-state index in [0.29, 0.717) is 37.4 Å². The van der Waals surface area contributed by atoms with Crippen LogP contribution in [0, 0.1) is 5.82 Å². The van der Waals surface area contributed by atoms with Gasteiger partial charge in [-0.25, -0.2) is 9.37 Å². The molecule has 0 atom stereocenters. The van der Waals surface area contributed by atoms with Gasteiger partial charge in [-0.3, -0.25) is 9.69 Å². The summed E-state index contributed by atoms with van der Waals surface area (Å²) in [6, 6.07) is 12.3. The topological polar surface area (TPSA) is 55.6 Å². The Bertz CT molecular complexity index is 1130. The maximum Gasteiger partial charge on any atom is 0.260 e. The molecule has 0 radical (unpaired) electrons. The SMILES string of the molecule is COc1ccc(Cl)c2sc(N(Cc3ccco3)C(=O)c3ccc(F)cc3)nc12. The number of furan rings is 1. The summed E-state index contributed by atoms with van der Waals surface area (Å²) in [6.07, 6.45) is 1.54. The van der Waals surface area contributed by atoms with Gasteiger partial charge in [0.25, 0.3) is 5.91 Å². The number of benzene rings is 2. The minimum Gasteiger partial charge on any atom is -0.494 e. The van der Waals surface area contributed by atoms with Crippen LogP contribution in [0.5, 0.6) is 5.75 Å². The molecule has 28 heavy (non-hydrogen) atoms. The molecule has 0 bridgehead atoms. The van der Waals surface area contributed by atoms with Crippen molar-refractivity contribution in [3.63, 3.8) is 0 Å². The Morgan fingerprint density at radius 3 is 2.71 bits per heavy atom. The van der Waals surface area contributed by atoms with Crippen molar-refractivity contribution < 1.29 is 18.3 Å². The predicted molar refractivity (Wildman–Crippen MR) is 107 cm³/mol. The quantitative estimate of drug-likeness (QED) is 0.428. The number of thiazole rings is 1. The lowest BCUT2D eigenvalue weighted by molar-refractivity contribution is 0.0983. The number of carbonyl (C=O) groups excluding carboxylic acids is 1. The van der Waals surface area contributed by atoms with Gasteiger partial charge >= 0.3 is 0 Å². The van der Waals surface area contributed by atoms with Crippen molar-refractivity contribution in [3.05, 3.63) is 77.0 Å². The van der Waals surface area contributed by atoms with Gasteiger partial charge in [-0.2, -0.15) is 0 Å². The van der Waals surface area contributed by atoms with Crippen LogP contribution in [0.3, 0.4) is 0 Å². The number of methoxy groups -OCH3 is 1. The normalized spacial score (nSPS) is 11.0. The lowest BCUT2D eigenvalue weighted by Gasteiger charge is -2.18. The smallest absolute Gasteiger partial charge is 0.260 e. The summed E-state index contributed by atoms with van der Waals surface area (Å²) in [7, 11) is 1.55. The molecule has 2 aromatic heterocycles. The molecule has 0 aliphatic heterocycles. The maximum absolute atomic E-state index is 13.3. The molecule has 4 aromatic rings. The first-order chi connectivity index (χ1) is 13.6. The van der Waals surface area contributed by atoms with E-state index < -0.39 is 5.82 Å². The summed E-state index contributed by atoms with van der Waals surface area (Å²) in [5.41, 5.74) is 0.914. The lowest BCUT2D eigenvalue weighted by Crippen LogP contribution is -2.30. The third-order valence-corrected chi connectivity index (χ3v) is 5.67. The van der Waals surface area contributed by atoms with Crippen LogP contribution >= 0.6 is 22.9 Å². The van der Waals surface area contributed by atoms with Gasteiger partial charge in [0.1, 0.15) is 22.8 Å². The van der Waals surface area contributed by atoms with Gasteiger partial charge in [0, 0.05) is 5.56 Å². The lowest BCUT2D eigenvalue weighted by atomic mass is 10.2. The number of hydrogen-bond acceptors (Lipinski definition) is 5. The van der Waals surface area contributed by atoms with Gasteiger partial charge in [-0.1, -0.05) is 22.9 Å². The van der Waals surface area contributed by atoms with Gasteiger partial charge in [0.05, 0.1) is 29.6 Å². The van der Waals surface area contributed by atoms with Crippen LogP contribution in [0.4, 0.5) is 9.52 Å². The van der Waals surface area contributed by atoms with Crippen LogP contribution in [0.25, 0.3) is 10.2 Å². The zero-order valence-electron chi connectivity index (χ0n) is 14.7. The Hall–Kier alpha value is -2.90. The highest BCUT2D eigenvalue weighted by molar-refractivity contribution is 7.23. The fraction of sp³-hybridized carbons (Fsp3) is 0.100. The Balaban J connectivity index is 1.81. The van der Waals surface area contributed by atoms with Crippen LogP contribution in [-0.2, 0) is 6.54 Å². The molecule has 0 N–H and O–H groups in total. The summed E-state index contributed by atoms with van der Waals surface area (Å²) >= 11 is 7.59. The number of rotatable bonds is 5. The summed E-state index contributed by atoms with van der Waals surface area (Å²) < 4.78 is 24.8. The molecule has 0 saturated heterocycles. The number of carbonyl (C=O) groups is 1. The highest BCUT2D eigenvalue weighted by atomic mass is 35.5. The fourth-order valence-corrected chi connectivity index (χ4v) is 4.01. The Morgan fingerprint density at radius 1 is 1.25 bits per heavy atom. The van der Waals surface area contributed by atoms with Gasteiger partial charge in [-0.05, 0) is 48.5 Å². The van der Waals surface area contributed by atoms with Crippen molar-refractivity contribution in [1.29, 1.82) is 0 Å². The molecule has 0 spiro atoms. The molecular weight excluding hydrogens is 403 g/mol. The largest absolute Gasteiger partial charge is 0.494 e. The van der Waals surface area contributed by atoms with E-state index in [1.54, 1.807) is 31.4 Å². The summed E-state index contributed by atoms with van der Waals surface area (Å²) in [5.74, 6) is 0.415. The van der Waals surface area contributed by atoms with E-state index in [-0.39, 0.29) is 12.5 Å². The third kappa shape index (κ3) is 3.46. The van der Waals surface area contributed by atoms with Crippen LogP contribution in [0.15, 0.2) is 59.2 Å². The average molecular weight is 417 g/mol. The second-order valence-corrected chi connectivity index (χ2v) is 7.29. The number of aromatic nitrogens is 1. The summed E-state index contributed by atoms with van der Waals surface area (Å²) in [6.45, 7) is 0.170. The standard InChI is InChI=1S/C20H14ClFN2O3S/c1-26-16-9-8-15(21)18-17(16)23-20(28-18)24(11-14-3-2-10-27-14)19(25)12-4-6-13(22)7-5-12/h2-10H,11H2,1H3. The molecule has 0 fully saturated rings. The molecule has 0 aliphatic rings. The minimum atomic E-state index is -0.411. The second kappa shape index (κ2) is 7.61. The zero-order chi connectivity index (χ0) is 19.7. The molecule has 0 unspecified atom stereocenters. The van der Waals surface area contributed by atoms with Crippen molar-refractivity contribution in [1.82, 2.24) is 4.98 Å². The number of hydrogen-bond donors (Lipinski definition) is 0. The first-order valence-electron chi connectivity index (χ1n) is 8.29. The Morgan fingerprint density at radius 2 is 2.04 bits per heavy atom. The van der Waals surface area contributed by atoms with Crippen molar-refractivity contribution in [2.75, 3.05) is 12.0 Å². The summed E-state index contributed by atoms with van der Waals surface area (Å²) in [5, 5.41) is 0.957. The van der Waals surface area contributed by atoms with Crippen molar-refractivity contribution >= 4 is 44.2 Å². The molecule has 5 nitrogen and oxygen atoms in total. The number of ether oxygens (including phenoxy) is 1. The molecule has 2 heterocycles. The molecule has 0 aliphatic carbocycles. The molecule has 0 saturated carbocycles. The molecule has 2 aromatic carbocycles. The Labute approximate surface area is 168 Å². The summed E-state index contributed by atoms with van der Waals surface area (Å²) in [4.78, 5) is 19.2. The monoisotopic (exact) mass is 416 g/mol. The van der Waals surface area contributed by atoms with E-state index in [4.69, 9.17) is 20.8 Å². The van der Waals surface area contributed by atoms with E-state index in [0.717, 1.165) is 0 Å². The minimum absolute atomic E-state index is 0.170. The van der Waals surface area contributed by atoms with Crippen LogP contribution < -0.4 is 9.64 Å². The fourth-order valence-electron chi connectivity index (χ4n) is 2.75. The molecule has 142 valence electrons. The van der Waals surface area contributed by atoms with E-state index in [2.05, 4.69) is 4.98 Å². The highest BCUT2D eigenvalue weighted by Crippen LogP contribution is 2.39. The Kier molecular flexibility index (Phi) is 5.02. The molecular formula is C20H14ClFN2O3S. The van der Waals surface area contributed by atoms with Gasteiger partial charge in [0.15, 0.2) is 5.13 Å². The van der Waals surface area contributed by atoms with Crippen molar-refractivity contribution in [2.24, 2.45) is 0 Å². The third-order valence-electron chi connectivity index (χ3n) is 4.13. The van der Waals surface area contributed by atoms with Crippen LogP contribution in [0.1, 0.15) is 16.1 Å². The van der Waals surface area contributed by atoms with Gasteiger partial charge < -0.3 is 9.15 Å². The second-order valence-electron chi connectivity index (χ2n) is 5.90. The first kappa shape index (κ1) is 18.5. The van der Waals surface area contributed by atoms with E-state index in [1.165, 1.54) is 46.8 Å².